The fraction of sp³-hybridized carbons (Fsp3) is 0. The van der Waals surface area contributed by atoms with E-state index in [-0.39, 0.29) is 0 Å². The van der Waals surface area contributed by atoms with E-state index in [0.717, 1.165) is 55.7 Å². The summed E-state index contributed by atoms with van der Waals surface area (Å²) in [5, 5.41) is 14.8. The maximum absolute atomic E-state index is 6.48. The Morgan fingerprint density at radius 3 is 1.57 bits per heavy atom. The molecule has 0 fully saturated rings. The lowest BCUT2D eigenvalue weighted by Crippen LogP contribution is -2.10. The highest BCUT2D eigenvalue weighted by Gasteiger charge is 2.19. The van der Waals surface area contributed by atoms with E-state index in [9.17, 15) is 0 Å². The molecule has 0 radical (unpaired) electrons. The summed E-state index contributed by atoms with van der Waals surface area (Å²) in [6.07, 6.45) is 0. The van der Waals surface area contributed by atoms with Crippen LogP contribution in [0.2, 0.25) is 0 Å². The van der Waals surface area contributed by atoms with Gasteiger partial charge in [0.15, 0.2) is 0 Å². The molecule has 312 valence electrons. The van der Waals surface area contributed by atoms with Crippen molar-refractivity contribution < 1.29 is 4.42 Å². The number of aromatic nitrogens is 1. The molecule has 2 heterocycles. The molecule has 67 heavy (non-hydrogen) atoms. The molecule has 12 aromatic carbocycles. The van der Waals surface area contributed by atoms with Gasteiger partial charge in [0.1, 0.15) is 11.2 Å². The molecule has 0 atom stereocenters. The van der Waals surface area contributed by atoms with Crippen molar-refractivity contribution in [2.45, 2.75) is 0 Å². The smallest absolute Gasteiger partial charge is 0.143 e. The summed E-state index contributed by atoms with van der Waals surface area (Å²) in [7, 11) is 0. The predicted octanol–water partition coefficient (Wildman–Crippen LogP) is 18.1. The van der Waals surface area contributed by atoms with Crippen LogP contribution in [0.15, 0.2) is 247 Å². The van der Waals surface area contributed by atoms with E-state index in [1.54, 1.807) is 0 Å². The number of hydrogen-bond acceptors (Lipinski definition) is 2. The van der Waals surface area contributed by atoms with E-state index in [2.05, 4.69) is 240 Å². The van der Waals surface area contributed by atoms with E-state index >= 15 is 0 Å². The van der Waals surface area contributed by atoms with Gasteiger partial charge in [-0.05, 0) is 121 Å². The Labute approximate surface area is 386 Å². The lowest BCUT2D eigenvalue weighted by atomic mass is 9.94. The van der Waals surface area contributed by atoms with E-state index < -0.39 is 0 Å². The van der Waals surface area contributed by atoms with Gasteiger partial charge in [-0.2, -0.15) is 0 Å². The molecule has 0 amide bonds. The van der Waals surface area contributed by atoms with Crippen molar-refractivity contribution in [1.29, 1.82) is 0 Å². The third-order valence-corrected chi connectivity index (χ3v) is 14.0. The Balaban J connectivity index is 0.906. The van der Waals surface area contributed by atoms with Gasteiger partial charge in [0.05, 0.1) is 16.7 Å². The summed E-state index contributed by atoms with van der Waals surface area (Å²) < 4.78 is 8.90. The van der Waals surface area contributed by atoms with E-state index in [1.165, 1.54) is 76.1 Å². The van der Waals surface area contributed by atoms with Crippen molar-refractivity contribution in [3.63, 3.8) is 0 Å². The van der Waals surface area contributed by atoms with E-state index in [0.29, 0.717) is 0 Å². The van der Waals surface area contributed by atoms with Crippen LogP contribution >= 0.6 is 0 Å². The SMILES string of the molecule is c1ccc2c(-n3c4ccccc4c4cc(-c5ccc(N(c6ccc(-c7cccc8c7oc7ccccc78)cc6)c6ccc7c8ccccc8c8ccccc8c7c6)cc5)ccc43)cccc2c1. The molecule has 0 bridgehead atoms. The average Bonchev–Trinajstić information content (AvgIpc) is 3.95. The number of para-hydroxylation sites is 3. The Kier molecular flexibility index (Phi) is 8.28. The van der Waals surface area contributed by atoms with Crippen LogP contribution < -0.4 is 4.90 Å². The third kappa shape index (κ3) is 5.85. The third-order valence-electron chi connectivity index (χ3n) is 14.0. The van der Waals surface area contributed by atoms with Crippen LogP contribution in [0.3, 0.4) is 0 Å². The molecule has 0 saturated carbocycles. The molecule has 0 N–H and O–H groups in total. The number of hydrogen-bond donors (Lipinski definition) is 0. The zero-order valence-electron chi connectivity index (χ0n) is 36.4. The van der Waals surface area contributed by atoms with Gasteiger partial charge in [-0.15, -0.1) is 0 Å². The number of anilines is 3. The van der Waals surface area contributed by atoms with Gasteiger partial charge >= 0.3 is 0 Å². The molecule has 0 saturated heterocycles. The Morgan fingerprint density at radius 1 is 0.299 bits per heavy atom. The molecule has 3 nitrogen and oxygen atoms in total. The Hall–Kier alpha value is -8.92. The quantitative estimate of drug-likeness (QED) is 0.155. The van der Waals surface area contributed by atoms with Crippen LogP contribution in [-0.4, -0.2) is 4.57 Å². The lowest BCUT2D eigenvalue weighted by Gasteiger charge is -2.26. The highest BCUT2D eigenvalue weighted by atomic mass is 16.3. The highest BCUT2D eigenvalue weighted by Crippen LogP contribution is 2.44. The first-order valence-electron chi connectivity index (χ1n) is 23.0. The van der Waals surface area contributed by atoms with Crippen molar-refractivity contribution in [2.24, 2.45) is 0 Å². The van der Waals surface area contributed by atoms with Crippen LogP contribution in [0.4, 0.5) is 17.1 Å². The second-order valence-electron chi connectivity index (χ2n) is 17.6. The monoisotopic (exact) mass is 852 g/mol. The molecule has 14 aromatic rings. The molecular formula is C64H40N2O. The summed E-state index contributed by atoms with van der Waals surface area (Å²) in [5.41, 5.74) is 13.2. The molecular weight excluding hydrogens is 813 g/mol. The van der Waals surface area contributed by atoms with Gasteiger partial charge < -0.3 is 13.9 Å². The van der Waals surface area contributed by atoms with Gasteiger partial charge in [-0.1, -0.05) is 176 Å². The van der Waals surface area contributed by atoms with Crippen LogP contribution in [0, 0.1) is 0 Å². The molecule has 0 aliphatic heterocycles. The zero-order valence-corrected chi connectivity index (χ0v) is 36.4. The minimum Gasteiger partial charge on any atom is -0.455 e. The number of furan rings is 1. The van der Waals surface area contributed by atoms with Gasteiger partial charge in [-0.25, -0.2) is 0 Å². The summed E-state index contributed by atoms with van der Waals surface area (Å²) in [4.78, 5) is 2.39. The number of nitrogens with zero attached hydrogens (tertiary/aromatic N) is 2. The topological polar surface area (TPSA) is 21.3 Å². The van der Waals surface area contributed by atoms with Gasteiger partial charge in [-0.3, -0.25) is 0 Å². The molecule has 2 aromatic heterocycles. The highest BCUT2D eigenvalue weighted by molar-refractivity contribution is 6.26. The molecule has 0 aliphatic carbocycles. The summed E-state index contributed by atoms with van der Waals surface area (Å²) in [5.74, 6) is 0. The number of benzene rings is 12. The molecule has 0 unspecified atom stereocenters. The first-order valence-corrected chi connectivity index (χ1v) is 23.0. The van der Waals surface area contributed by atoms with Crippen LogP contribution in [-0.2, 0) is 0 Å². The number of fused-ring (bicyclic) bond motifs is 13. The van der Waals surface area contributed by atoms with Crippen LogP contribution in [0.1, 0.15) is 0 Å². The summed E-state index contributed by atoms with van der Waals surface area (Å²) in [6.45, 7) is 0. The minimum absolute atomic E-state index is 0.903. The van der Waals surface area contributed by atoms with Crippen LogP contribution in [0.25, 0.3) is 115 Å². The molecule has 3 heteroatoms. The van der Waals surface area contributed by atoms with E-state index in [1.807, 2.05) is 12.1 Å². The van der Waals surface area contributed by atoms with Crippen molar-refractivity contribution in [3.05, 3.63) is 243 Å². The normalized spacial score (nSPS) is 11.9. The zero-order chi connectivity index (χ0) is 44.0. The summed E-state index contributed by atoms with van der Waals surface area (Å²) in [6, 6.07) is 88.3. The number of rotatable bonds is 6. The van der Waals surface area contributed by atoms with Crippen molar-refractivity contribution in [1.82, 2.24) is 4.57 Å². The second-order valence-corrected chi connectivity index (χ2v) is 17.6. The van der Waals surface area contributed by atoms with Gasteiger partial charge in [0.25, 0.3) is 0 Å². The molecule has 14 rings (SSSR count). The molecule has 0 spiro atoms. The first-order chi connectivity index (χ1) is 33.2. The predicted molar refractivity (Wildman–Crippen MR) is 284 cm³/mol. The molecule has 0 aliphatic rings. The van der Waals surface area contributed by atoms with Crippen molar-refractivity contribution >= 4 is 104 Å². The van der Waals surface area contributed by atoms with Gasteiger partial charge in [0, 0.05) is 49.6 Å². The lowest BCUT2D eigenvalue weighted by molar-refractivity contribution is 0.670. The maximum Gasteiger partial charge on any atom is 0.143 e. The fourth-order valence-corrected chi connectivity index (χ4v) is 10.9. The van der Waals surface area contributed by atoms with Gasteiger partial charge in [0.2, 0.25) is 0 Å². The summed E-state index contributed by atoms with van der Waals surface area (Å²) >= 11 is 0. The largest absolute Gasteiger partial charge is 0.455 e. The Morgan fingerprint density at radius 2 is 0.821 bits per heavy atom. The van der Waals surface area contributed by atoms with Crippen LogP contribution in [0.5, 0.6) is 0 Å². The average molecular weight is 853 g/mol. The first kappa shape index (κ1) is 37.5. The van der Waals surface area contributed by atoms with E-state index in [4.69, 9.17) is 4.42 Å². The Bertz CT molecular complexity index is 4230. The van der Waals surface area contributed by atoms with Crippen molar-refractivity contribution in [3.8, 4) is 27.9 Å². The fourth-order valence-electron chi connectivity index (χ4n) is 10.9. The standard InChI is InChI=1S/C64H40N2O/c1-2-15-48-42(13-1)14-11-25-60(48)66-61-24-9-7-20-55(61)59-39-44(31-38-62(59)66)41-27-32-45(33-28-41)65(47-36-37-54-52-18-4-3-16-50(52)51-17-5-6-19-53(51)58(54)40-47)46-34-29-43(30-35-46)49-22-12-23-57-56-21-8-10-26-63(56)67-64(49)57/h1-40H. The minimum atomic E-state index is 0.903. The van der Waals surface area contributed by atoms with Crippen molar-refractivity contribution in [2.75, 3.05) is 4.90 Å². The second kappa shape index (κ2) is 14.8. The maximum atomic E-state index is 6.48.